The van der Waals surface area contributed by atoms with Crippen molar-refractivity contribution >= 4 is 5.78 Å². The van der Waals surface area contributed by atoms with Gasteiger partial charge in [0.05, 0.1) is 6.61 Å². The second-order valence-electron chi connectivity index (χ2n) is 4.18. The maximum absolute atomic E-state index is 11.9. The minimum Gasteiger partial charge on any atom is -0.458 e. The first-order valence-electron chi connectivity index (χ1n) is 6.02. The fourth-order valence-corrected chi connectivity index (χ4v) is 1.66. The molecule has 0 aliphatic heterocycles. The highest BCUT2D eigenvalue weighted by molar-refractivity contribution is 5.93. The van der Waals surface area contributed by atoms with Crippen LogP contribution in [-0.4, -0.2) is 42.0 Å². The van der Waals surface area contributed by atoms with Crippen molar-refractivity contribution in [1.82, 2.24) is 4.90 Å². The second-order valence-corrected chi connectivity index (χ2v) is 4.18. The van der Waals surface area contributed by atoms with Gasteiger partial charge in [-0.25, -0.2) is 0 Å². The van der Waals surface area contributed by atoms with E-state index in [9.17, 15) is 4.79 Å². The van der Waals surface area contributed by atoms with Gasteiger partial charge >= 0.3 is 0 Å². The van der Waals surface area contributed by atoms with Gasteiger partial charge < -0.3 is 14.4 Å². The van der Waals surface area contributed by atoms with Gasteiger partial charge in [-0.1, -0.05) is 6.92 Å². The van der Waals surface area contributed by atoms with Crippen molar-refractivity contribution in [3.63, 3.8) is 0 Å². The number of Topliss-reactive ketones (excluding diaryl/α,β-unsaturated/α-hetero) is 1. The molecule has 0 unspecified atom stereocenters. The Morgan fingerprint density at radius 3 is 2.59 bits per heavy atom. The number of carbonyl (C=O) groups excluding carboxylic acids is 1. The monoisotopic (exact) mass is 239 g/mol. The molecule has 4 nitrogen and oxygen atoms in total. The van der Waals surface area contributed by atoms with Crippen LogP contribution in [0.5, 0.6) is 0 Å². The zero-order valence-electron chi connectivity index (χ0n) is 10.8. The fraction of sp³-hybridized carbons (Fsp3) is 0.615. The molecular formula is C13H21NO3. The van der Waals surface area contributed by atoms with Gasteiger partial charge in [-0.05, 0) is 32.0 Å². The second kappa shape index (κ2) is 6.57. The molecule has 0 radical (unpaired) electrons. The Balaban J connectivity index is 2.49. The molecule has 4 heteroatoms. The highest BCUT2D eigenvalue weighted by Crippen LogP contribution is 2.14. The van der Waals surface area contributed by atoms with E-state index in [1.54, 1.807) is 6.07 Å². The van der Waals surface area contributed by atoms with Crippen LogP contribution in [0.25, 0.3) is 0 Å². The Hall–Kier alpha value is -1.13. The van der Waals surface area contributed by atoms with Crippen LogP contribution in [0, 0.1) is 13.8 Å². The lowest BCUT2D eigenvalue weighted by molar-refractivity contribution is 0.0931. The van der Waals surface area contributed by atoms with Gasteiger partial charge in [0, 0.05) is 19.5 Å². The van der Waals surface area contributed by atoms with Crippen molar-refractivity contribution in [2.24, 2.45) is 0 Å². The average molecular weight is 239 g/mol. The number of carbonyl (C=O) groups is 1. The highest BCUT2D eigenvalue weighted by atomic mass is 16.3. The van der Waals surface area contributed by atoms with Crippen molar-refractivity contribution in [1.29, 1.82) is 0 Å². The number of hydrogen-bond donors (Lipinski definition) is 1. The molecule has 1 heterocycles. The van der Waals surface area contributed by atoms with E-state index in [-0.39, 0.29) is 12.4 Å². The maximum atomic E-state index is 11.9. The van der Waals surface area contributed by atoms with Gasteiger partial charge in [-0.3, -0.25) is 4.79 Å². The molecule has 96 valence electrons. The van der Waals surface area contributed by atoms with Gasteiger partial charge in [0.25, 0.3) is 0 Å². The normalized spacial score (nSPS) is 11.1. The molecule has 0 amide bonds. The molecule has 1 N–H and O–H groups in total. The van der Waals surface area contributed by atoms with Crippen molar-refractivity contribution in [3.8, 4) is 0 Å². The number of aryl methyl sites for hydroxylation is 2. The molecule has 0 atom stereocenters. The van der Waals surface area contributed by atoms with Crippen molar-refractivity contribution in [3.05, 3.63) is 23.2 Å². The number of nitrogens with zero attached hydrogens (tertiary/aromatic N) is 1. The van der Waals surface area contributed by atoms with E-state index in [1.807, 2.05) is 25.7 Å². The van der Waals surface area contributed by atoms with E-state index in [0.717, 1.165) is 17.9 Å². The Morgan fingerprint density at radius 2 is 2.12 bits per heavy atom. The van der Waals surface area contributed by atoms with Gasteiger partial charge in [-0.15, -0.1) is 0 Å². The number of rotatable bonds is 7. The maximum Gasteiger partial charge on any atom is 0.199 e. The standard InChI is InChI=1S/C13H21NO3/c1-4-14(7-8-15)6-5-12(16)13-9-10(2)11(3)17-13/h9,15H,4-8H2,1-3H3. The zero-order chi connectivity index (χ0) is 12.8. The Kier molecular flexibility index (Phi) is 5.38. The van der Waals surface area contributed by atoms with Crippen molar-refractivity contribution < 1.29 is 14.3 Å². The SMILES string of the molecule is CCN(CCO)CCC(=O)c1cc(C)c(C)o1. The van der Waals surface area contributed by atoms with Crippen molar-refractivity contribution in [2.45, 2.75) is 27.2 Å². The van der Waals surface area contributed by atoms with Gasteiger partial charge in [0.1, 0.15) is 5.76 Å². The molecule has 0 spiro atoms. The van der Waals surface area contributed by atoms with Gasteiger partial charge in [0.15, 0.2) is 11.5 Å². The van der Waals surface area contributed by atoms with Gasteiger partial charge in [0.2, 0.25) is 0 Å². The molecule has 0 aliphatic rings. The summed E-state index contributed by atoms with van der Waals surface area (Å²) in [6, 6.07) is 1.79. The molecule has 0 saturated heterocycles. The van der Waals surface area contributed by atoms with Crippen LogP contribution >= 0.6 is 0 Å². The first-order valence-corrected chi connectivity index (χ1v) is 6.02. The molecule has 0 aliphatic carbocycles. The topological polar surface area (TPSA) is 53.7 Å². The number of likely N-dealkylation sites (N-methyl/N-ethyl adjacent to an activating group) is 1. The summed E-state index contributed by atoms with van der Waals surface area (Å²) >= 11 is 0. The van der Waals surface area contributed by atoms with Crippen LogP contribution in [0.4, 0.5) is 0 Å². The van der Waals surface area contributed by atoms with Crippen LogP contribution in [0.1, 0.15) is 35.2 Å². The summed E-state index contributed by atoms with van der Waals surface area (Å²) in [6.45, 7) is 8.04. The van der Waals surface area contributed by atoms with E-state index in [4.69, 9.17) is 9.52 Å². The Labute approximate surface area is 102 Å². The number of furan rings is 1. The fourth-order valence-electron chi connectivity index (χ4n) is 1.66. The van der Waals surface area contributed by atoms with E-state index >= 15 is 0 Å². The summed E-state index contributed by atoms with van der Waals surface area (Å²) in [5.41, 5.74) is 1.01. The molecule has 17 heavy (non-hydrogen) atoms. The van der Waals surface area contributed by atoms with Crippen LogP contribution < -0.4 is 0 Å². The van der Waals surface area contributed by atoms with E-state index in [1.165, 1.54) is 0 Å². The van der Waals surface area contributed by atoms with Crippen LogP contribution in [0.3, 0.4) is 0 Å². The summed E-state index contributed by atoms with van der Waals surface area (Å²) in [6.07, 6.45) is 0.431. The van der Waals surface area contributed by atoms with Crippen LogP contribution in [0.15, 0.2) is 10.5 Å². The summed E-state index contributed by atoms with van der Waals surface area (Å²) in [5.74, 6) is 1.27. The zero-order valence-corrected chi connectivity index (χ0v) is 10.8. The minimum absolute atomic E-state index is 0.0255. The summed E-state index contributed by atoms with van der Waals surface area (Å²) in [5, 5.41) is 8.84. The van der Waals surface area contributed by atoms with Crippen LogP contribution in [-0.2, 0) is 0 Å². The summed E-state index contributed by atoms with van der Waals surface area (Å²) in [4.78, 5) is 13.9. The Morgan fingerprint density at radius 1 is 1.41 bits per heavy atom. The predicted octanol–water partition coefficient (Wildman–Crippen LogP) is 1.78. The minimum atomic E-state index is 0.0255. The third kappa shape index (κ3) is 3.98. The van der Waals surface area contributed by atoms with Gasteiger partial charge in [-0.2, -0.15) is 0 Å². The lowest BCUT2D eigenvalue weighted by Crippen LogP contribution is -2.29. The quantitative estimate of drug-likeness (QED) is 0.737. The first-order chi connectivity index (χ1) is 8.08. The summed E-state index contributed by atoms with van der Waals surface area (Å²) < 4.78 is 5.38. The molecule has 0 fully saturated rings. The van der Waals surface area contributed by atoms with E-state index < -0.39 is 0 Å². The van der Waals surface area contributed by atoms with Crippen molar-refractivity contribution in [2.75, 3.05) is 26.2 Å². The molecule has 1 rings (SSSR count). The smallest absolute Gasteiger partial charge is 0.199 e. The molecule has 0 bridgehead atoms. The van der Waals surface area contributed by atoms with Crippen LogP contribution in [0.2, 0.25) is 0 Å². The predicted molar refractivity (Wildman–Crippen MR) is 66.3 cm³/mol. The molecular weight excluding hydrogens is 218 g/mol. The Bertz CT molecular complexity index is 351. The first kappa shape index (κ1) is 13.9. The number of aliphatic hydroxyl groups excluding tert-OH is 1. The molecule has 1 aromatic heterocycles. The molecule has 0 saturated carbocycles. The van der Waals surface area contributed by atoms with E-state index in [0.29, 0.717) is 25.3 Å². The lowest BCUT2D eigenvalue weighted by atomic mass is 10.2. The molecule has 0 aromatic carbocycles. The molecule has 1 aromatic rings. The number of ketones is 1. The summed E-state index contributed by atoms with van der Waals surface area (Å²) in [7, 11) is 0. The number of hydrogen-bond acceptors (Lipinski definition) is 4. The highest BCUT2D eigenvalue weighted by Gasteiger charge is 2.13. The number of aliphatic hydroxyl groups is 1. The largest absolute Gasteiger partial charge is 0.458 e. The third-order valence-electron chi connectivity index (χ3n) is 2.96. The third-order valence-corrected chi connectivity index (χ3v) is 2.96. The lowest BCUT2D eigenvalue weighted by Gasteiger charge is -2.17. The average Bonchev–Trinajstić information content (AvgIpc) is 2.64. The van der Waals surface area contributed by atoms with E-state index in [2.05, 4.69) is 0 Å².